The summed E-state index contributed by atoms with van der Waals surface area (Å²) in [7, 11) is 0. The molecule has 20 heavy (non-hydrogen) atoms. The van der Waals surface area contributed by atoms with Crippen molar-refractivity contribution in [1.29, 1.82) is 0 Å². The van der Waals surface area contributed by atoms with Crippen LogP contribution in [0.25, 0.3) is 0 Å². The number of carboxylic acids is 1. The zero-order valence-corrected chi connectivity index (χ0v) is 11.1. The molecule has 1 aromatic rings. The molecule has 2 bridgehead atoms. The van der Waals surface area contributed by atoms with Crippen molar-refractivity contribution < 1.29 is 19.4 Å². The number of ether oxygens (including phenoxy) is 1. The summed E-state index contributed by atoms with van der Waals surface area (Å²) in [6.07, 6.45) is 2.47. The molecule has 3 rings (SSSR count). The van der Waals surface area contributed by atoms with Crippen molar-refractivity contribution in [3.8, 4) is 0 Å². The summed E-state index contributed by atoms with van der Waals surface area (Å²) in [4.78, 5) is 23.6. The molecule has 104 valence electrons. The molecule has 0 radical (unpaired) electrons. The quantitative estimate of drug-likeness (QED) is 0.835. The first-order chi connectivity index (χ1) is 9.56. The van der Waals surface area contributed by atoms with Gasteiger partial charge >= 0.3 is 5.97 Å². The monoisotopic (exact) mass is 293 g/mol. The minimum absolute atomic E-state index is 0.350. The van der Waals surface area contributed by atoms with Gasteiger partial charge in [-0.1, -0.05) is 23.8 Å². The molecule has 2 N–H and O–H groups in total. The molecule has 6 heteroatoms. The summed E-state index contributed by atoms with van der Waals surface area (Å²) < 4.78 is 5.46. The molecule has 0 spiro atoms. The Balaban J connectivity index is 1.78. The van der Waals surface area contributed by atoms with Crippen molar-refractivity contribution >= 4 is 29.2 Å². The number of benzene rings is 1. The molecule has 1 saturated heterocycles. The zero-order chi connectivity index (χ0) is 14.3. The number of hydrogen-bond acceptors (Lipinski definition) is 3. The van der Waals surface area contributed by atoms with Gasteiger partial charge in [0.2, 0.25) is 5.91 Å². The summed E-state index contributed by atoms with van der Waals surface area (Å²) >= 11 is 5.77. The van der Waals surface area contributed by atoms with Crippen molar-refractivity contribution in [2.24, 2.45) is 11.8 Å². The van der Waals surface area contributed by atoms with E-state index in [2.05, 4.69) is 5.32 Å². The Morgan fingerprint density at radius 3 is 2.30 bits per heavy atom. The number of aliphatic carboxylic acids is 1. The molecule has 2 heterocycles. The van der Waals surface area contributed by atoms with Crippen LogP contribution in [0.3, 0.4) is 0 Å². The molecular weight excluding hydrogens is 282 g/mol. The van der Waals surface area contributed by atoms with E-state index in [4.69, 9.17) is 16.3 Å². The summed E-state index contributed by atoms with van der Waals surface area (Å²) in [5, 5.41) is 12.5. The molecular formula is C14H12ClNO4. The molecule has 2 aliphatic rings. The predicted molar refractivity (Wildman–Crippen MR) is 72.5 cm³/mol. The Bertz CT molecular complexity index is 583. The van der Waals surface area contributed by atoms with Gasteiger partial charge in [-0.25, -0.2) is 0 Å². The van der Waals surface area contributed by atoms with E-state index in [0.29, 0.717) is 10.7 Å². The maximum Gasteiger partial charge on any atom is 0.310 e. The Morgan fingerprint density at radius 2 is 1.70 bits per heavy atom. The number of fused-ring (bicyclic) bond motifs is 2. The second kappa shape index (κ2) is 4.92. The average Bonchev–Trinajstić information content (AvgIpc) is 3.01. The fourth-order valence-electron chi connectivity index (χ4n) is 2.67. The van der Waals surface area contributed by atoms with Gasteiger partial charge in [-0.05, 0) is 24.3 Å². The Kier molecular flexibility index (Phi) is 3.23. The van der Waals surface area contributed by atoms with Crippen LogP contribution in [0, 0.1) is 11.8 Å². The number of nitrogens with one attached hydrogen (secondary N) is 1. The zero-order valence-electron chi connectivity index (χ0n) is 10.3. The summed E-state index contributed by atoms with van der Waals surface area (Å²) in [5.74, 6) is -2.91. The van der Waals surface area contributed by atoms with E-state index in [0.717, 1.165) is 0 Å². The van der Waals surface area contributed by atoms with Gasteiger partial charge in [0.15, 0.2) is 0 Å². The molecule has 1 fully saturated rings. The van der Waals surface area contributed by atoms with Crippen molar-refractivity contribution in [2.75, 3.05) is 5.32 Å². The van der Waals surface area contributed by atoms with Gasteiger partial charge in [0.1, 0.15) is 5.92 Å². The largest absolute Gasteiger partial charge is 0.481 e. The number of carbonyl (C=O) groups is 2. The second-order valence-electron chi connectivity index (χ2n) is 4.84. The van der Waals surface area contributed by atoms with E-state index < -0.39 is 30.0 Å². The van der Waals surface area contributed by atoms with E-state index >= 15 is 0 Å². The lowest BCUT2D eigenvalue weighted by Gasteiger charge is -2.20. The molecule has 0 saturated carbocycles. The lowest BCUT2D eigenvalue weighted by molar-refractivity contribution is -0.145. The van der Waals surface area contributed by atoms with Gasteiger partial charge in [-0.15, -0.1) is 0 Å². The third-order valence-electron chi connectivity index (χ3n) is 3.60. The van der Waals surface area contributed by atoms with E-state index in [1.165, 1.54) is 0 Å². The first-order valence-corrected chi connectivity index (χ1v) is 6.57. The molecule has 1 amide bonds. The fraction of sp³-hybridized carbons (Fsp3) is 0.286. The smallest absolute Gasteiger partial charge is 0.310 e. The first-order valence-electron chi connectivity index (χ1n) is 6.19. The van der Waals surface area contributed by atoms with Crippen LogP contribution in [0.5, 0.6) is 0 Å². The van der Waals surface area contributed by atoms with Gasteiger partial charge < -0.3 is 15.2 Å². The van der Waals surface area contributed by atoms with Gasteiger partial charge in [-0.2, -0.15) is 0 Å². The SMILES string of the molecule is O=C(O)[C@@H]1[C@H](C(=O)Nc2ccc(Cl)cc2)[C@@H]2C=C[C@@H]1O2. The topological polar surface area (TPSA) is 75.6 Å². The van der Waals surface area contributed by atoms with Crippen molar-refractivity contribution in [2.45, 2.75) is 12.2 Å². The number of hydrogen-bond donors (Lipinski definition) is 2. The Hall–Kier alpha value is -1.85. The molecule has 0 aliphatic carbocycles. The van der Waals surface area contributed by atoms with E-state index in [1.54, 1.807) is 36.4 Å². The van der Waals surface area contributed by atoms with Gasteiger partial charge in [0.25, 0.3) is 0 Å². The molecule has 1 aromatic carbocycles. The highest BCUT2D eigenvalue weighted by atomic mass is 35.5. The van der Waals surface area contributed by atoms with Crippen LogP contribution in [-0.2, 0) is 14.3 Å². The van der Waals surface area contributed by atoms with Crippen molar-refractivity contribution in [3.63, 3.8) is 0 Å². The minimum atomic E-state index is -1.02. The molecule has 0 aromatic heterocycles. The Morgan fingerprint density at radius 1 is 1.10 bits per heavy atom. The number of anilines is 1. The van der Waals surface area contributed by atoms with Crippen LogP contribution >= 0.6 is 11.6 Å². The highest BCUT2D eigenvalue weighted by molar-refractivity contribution is 6.30. The van der Waals surface area contributed by atoms with Gasteiger partial charge in [-0.3, -0.25) is 9.59 Å². The molecule has 4 atom stereocenters. The maximum absolute atomic E-state index is 12.3. The number of carboxylic acid groups (broad SMARTS) is 1. The Labute approximate surface area is 120 Å². The summed E-state index contributed by atoms with van der Waals surface area (Å²) in [5.41, 5.74) is 0.579. The van der Waals surface area contributed by atoms with E-state index in [9.17, 15) is 14.7 Å². The van der Waals surface area contributed by atoms with Crippen LogP contribution in [0.15, 0.2) is 36.4 Å². The molecule has 5 nitrogen and oxygen atoms in total. The minimum Gasteiger partial charge on any atom is -0.481 e. The van der Waals surface area contributed by atoms with Crippen LogP contribution in [0.4, 0.5) is 5.69 Å². The number of carbonyl (C=O) groups excluding carboxylic acids is 1. The first kappa shape index (κ1) is 13.1. The van der Waals surface area contributed by atoms with Crippen LogP contribution in [-0.4, -0.2) is 29.2 Å². The summed E-state index contributed by atoms with van der Waals surface area (Å²) in [6, 6.07) is 6.64. The van der Waals surface area contributed by atoms with E-state index in [-0.39, 0.29) is 5.91 Å². The average molecular weight is 294 g/mol. The van der Waals surface area contributed by atoms with Crippen molar-refractivity contribution in [1.82, 2.24) is 0 Å². The number of rotatable bonds is 3. The fourth-order valence-corrected chi connectivity index (χ4v) is 2.80. The number of halogens is 1. The van der Waals surface area contributed by atoms with E-state index in [1.807, 2.05) is 0 Å². The second-order valence-corrected chi connectivity index (χ2v) is 5.27. The summed E-state index contributed by atoms with van der Waals surface area (Å²) in [6.45, 7) is 0. The standard InChI is InChI=1S/C14H12ClNO4/c15-7-1-3-8(4-2-7)16-13(17)11-9-5-6-10(20-9)12(11)14(18)19/h1-6,9-12H,(H,16,17)(H,18,19)/t9-,10-,11+,12-/m0/s1. The number of amides is 1. The molecule has 0 unspecified atom stereocenters. The third kappa shape index (κ3) is 2.19. The van der Waals surface area contributed by atoms with Crippen LogP contribution in [0.2, 0.25) is 5.02 Å². The van der Waals surface area contributed by atoms with Crippen molar-refractivity contribution in [3.05, 3.63) is 41.4 Å². The highest BCUT2D eigenvalue weighted by Gasteiger charge is 2.53. The maximum atomic E-state index is 12.3. The predicted octanol–water partition coefficient (Wildman–Crippen LogP) is 1.93. The lowest BCUT2D eigenvalue weighted by atomic mass is 9.82. The third-order valence-corrected chi connectivity index (χ3v) is 3.85. The van der Waals surface area contributed by atoms with Gasteiger partial charge in [0.05, 0.1) is 18.1 Å². The lowest BCUT2D eigenvalue weighted by Crippen LogP contribution is -2.39. The van der Waals surface area contributed by atoms with Gasteiger partial charge in [0, 0.05) is 10.7 Å². The normalized spacial score (nSPS) is 30.4. The molecule has 2 aliphatic heterocycles. The highest BCUT2D eigenvalue weighted by Crippen LogP contribution is 2.39. The van der Waals surface area contributed by atoms with Crippen LogP contribution < -0.4 is 5.32 Å². The van der Waals surface area contributed by atoms with Crippen LogP contribution in [0.1, 0.15) is 0 Å².